The van der Waals surface area contributed by atoms with Gasteiger partial charge in [-0.2, -0.15) is 0 Å². The van der Waals surface area contributed by atoms with Crippen LogP contribution in [0.2, 0.25) is 0 Å². The molecule has 1 aliphatic rings. The number of ether oxygens (including phenoxy) is 2. The summed E-state index contributed by atoms with van der Waals surface area (Å²) >= 11 is 0. The smallest absolute Gasteiger partial charge is 0.308 e. The number of benzene rings is 2. The zero-order valence-electron chi connectivity index (χ0n) is 21.7. The SMILES string of the molecule is CC(=O)Oc1ccc2oc3c(C/C=C(\C)CCC=C(C)C)c4c(c(O)c3c(=O)c2c1)C=CC(C)(C)O4. The molecular formula is C30H32O6. The Kier molecular flexibility index (Phi) is 6.81. The van der Waals surface area contributed by atoms with Gasteiger partial charge in [-0.1, -0.05) is 23.3 Å². The summed E-state index contributed by atoms with van der Waals surface area (Å²) < 4.78 is 17.7. The molecule has 188 valence electrons. The van der Waals surface area contributed by atoms with Crippen LogP contribution in [0.4, 0.5) is 0 Å². The monoisotopic (exact) mass is 488 g/mol. The van der Waals surface area contributed by atoms with Crippen molar-refractivity contribution in [3.05, 3.63) is 68.9 Å². The zero-order chi connectivity index (χ0) is 26.2. The highest BCUT2D eigenvalue weighted by Crippen LogP contribution is 2.45. The molecule has 2 heterocycles. The van der Waals surface area contributed by atoms with Crippen molar-refractivity contribution in [2.24, 2.45) is 0 Å². The number of phenolic OH excluding ortho intramolecular Hbond substituents is 1. The molecule has 36 heavy (non-hydrogen) atoms. The topological polar surface area (TPSA) is 86.0 Å². The highest BCUT2D eigenvalue weighted by atomic mass is 16.5. The van der Waals surface area contributed by atoms with Crippen molar-refractivity contribution in [3.63, 3.8) is 0 Å². The molecule has 0 saturated heterocycles. The molecule has 0 radical (unpaired) electrons. The van der Waals surface area contributed by atoms with E-state index in [9.17, 15) is 14.7 Å². The zero-order valence-corrected chi connectivity index (χ0v) is 21.7. The lowest BCUT2D eigenvalue weighted by atomic mass is 9.94. The van der Waals surface area contributed by atoms with E-state index < -0.39 is 17.0 Å². The predicted octanol–water partition coefficient (Wildman–Crippen LogP) is 7.00. The van der Waals surface area contributed by atoms with E-state index in [0.29, 0.717) is 34.5 Å². The molecule has 4 rings (SSSR count). The Labute approximate surface area is 210 Å². The van der Waals surface area contributed by atoms with Crippen molar-refractivity contribution in [2.45, 2.75) is 66.4 Å². The predicted molar refractivity (Wildman–Crippen MR) is 143 cm³/mol. The molecule has 0 fully saturated rings. The van der Waals surface area contributed by atoms with E-state index in [2.05, 4.69) is 32.9 Å². The van der Waals surface area contributed by atoms with Crippen molar-refractivity contribution < 1.29 is 23.8 Å². The number of fused-ring (bicyclic) bond motifs is 3. The van der Waals surface area contributed by atoms with Crippen LogP contribution in [0.1, 0.15) is 65.5 Å². The van der Waals surface area contributed by atoms with Crippen LogP contribution in [0.5, 0.6) is 17.2 Å². The van der Waals surface area contributed by atoms with E-state index in [1.165, 1.54) is 24.1 Å². The number of allylic oxidation sites excluding steroid dienone is 4. The quantitative estimate of drug-likeness (QED) is 0.174. The Balaban J connectivity index is 1.94. The molecule has 1 aliphatic heterocycles. The lowest BCUT2D eigenvalue weighted by Crippen LogP contribution is -2.28. The molecule has 2 aromatic carbocycles. The Morgan fingerprint density at radius 2 is 1.89 bits per heavy atom. The number of rotatable bonds is 6. The number of aromatic hydroxyl groups is 1. The molecular weight excluding hydrogens is 456 g/mol. The molecule has 0 bridgehead atoms. The maximum atomic E-state index is 13.6. The van der Waals surface area contributed by atoms with Gasteiger partial charge in [-0.3, -0.25) is 9.59 Å². The van der Waals surface area contributed by atoms with Gasteiger partial charge in [-0.15, -0.1) is 0 Å². The van der Waals surface area contributed by atoms with Crippen molar-refractivity contribution in [1.29, 1.82) is 0 Å². The van der Waals surface area contributed by atoms with Crippen molar-refractivity contribution in [3.8, 4) is 17.2 Å². The first-order valence-electron chi connectivity index (χ1n) is 12.1. The standard InChI is InChI=1S/C30H32O6/c1-17(2)8-7-9-18(3)10-12-22-28-21(14-15-30(5,6)36-28)26(32)25-27(33)23-16-20(34-19(4)31)11-13-24(23)35-29(22)25/h8,10-11,13-16,32H,7,9,12H2,1-6H3/b18-10+. The van der Waals surface area contributed by atoms with Gasteiger partial charge in [-0.25, -0.2) is 0 Å². The van der Waals surface area contributed by atoms with Gasteiger partial charge in [0, 0.05) is 12.5 Å². The summed E-state index contributed by atoms with van der Waals surface area (Å²) in [6.07, 6.45) is 10.3. The second-order valence-electron chi connectivity index (χ2n) is 10.1. The molecule has 0 saturated carbocycles. The number of hydrogen-bond donors (Lipinski definition) is 1. The maximum Gasteiger partial charge on any atom is 0.308 e. The Morgan fingerprint density at radius 3 is 2.58 bits per heavy atom. The molecule has 0 atom stereocenters. The fraction of sp³-hybridized carbons (Fsp3) is 0.333. The third-order valence-electron chi connectivity index (χ3n) is 6.17. The third-order valence-corrected chi connectivity index (χ3v) is 6.17. The molecule has 6 heteroatoms. The van der Waals surface area contributed by atoms with E-state index in [1.54, 1.807) is 18.2 Å². The van der Waals surface area contributed by atoms with E-state index in [0.717, 1.165) is 12.8 Å². The minimum Gasteiger partial charge on any atom is -0.506 e. The minimum atomic E-state index is -0.583. The lowest BCUT2D eigenvalue weighted by molar-refractivity contribution is -0.131. The van der Waals surface area contributed by atoms with Gasteiger partial charge in [0.15, 0.2) is 0 Å². The number of phenols is 1. The summed E-state index contributed by atoms with van der Waals surface area (Å²) in [6.45, 7) is 11.4. The second-order valence-corrected chi connectivity index (χ2v) is 10.1. The molecule has 0 aliphatic carbocycles. The molecule has 3 aromatic rings. The second kappa shape index (κ2) is 9.69. The Bertz CT molecular complexity index is 1510. The van der Waals surface area contributed by atoms with Crippen molar-refractivity contribution >= 4 is 34.0 Å². The average Bonchev–Trinajstić information content (AvgIpc) is 2.78. The third kappa shape index (κ3) is 5.08. The fourth-order valence-corrected chi connectivity index (χ4v) is 4.34. The largest absolute Gasteiger partial charge is 0.506 e. The van der Waals surface area contributed by atoms with Gasteiger partial charge < -0.3 is 19.0 Å². The highest BCUT2D eigenvalue weighted by Gasteiger charge is 2.30. The summed E-state index contributed by atoms with van der Waals surface area (Å²) in [7, 11) is 0. The fourth-order valence-electron chi connectivity index (χ4n) is 4.34. The summed E-state index contributed by atoms with van der Waals surface area (Å²) in [5.74, 6) is 0.0720. The first-order valence-corrected chi connectivity index (χ1v) is 12.1. The van der Waals surface area contributed by atoms with Gasteiger partial charge in [0.2, 0.25) is 5.43 Å². The van der Waals surface area contributed by atoms with Crippen LogP contribution in [-0.2, 0) is 11.2 Å². The van der Waals surface area contributed by atoms with E-state index in [4.69, 9.17) is 13.9 Å². The van der Waals surface area contributed by atoms with Gasteiger partial charge in [0.05, 0.1) is 10.9 Å². The first-order chi connectivity index (χ1) is 17.0. The number of hydrogen-bond acceptors (Lipinski definition) is 6. The summed E-state index contributed by atoms with van der Waals surface area (Å²) in [4.78, 5) is 25.0. The summed E-state index contributed by atoms with van der Waals surface area (Å²) in [5, 5.41) is 11.5. The Morgan fingerprint density at radius 1 is 1.14 bits per heavy atom. The van der Waals surface area contributed by atoms with E-state index >= 15 is 0 Å². The molecule has 6 nitrogen and oxygen atoms in total. The molecule has 0 spiro atoms. The van der Waals surface area contributed by atoms with Gasteiger partial charge in [0.25, 0.3) is 0 Å². The van der Waals surface area contributed by atoms with Crippen LogP contribution in [-0.4, -0.2) is 16.7 Å². The number of carbonyl (C=O) groups excluding carboxylic acids is 1. The minimum absolute atomic E-state index is 0.0831. The summed E-state index contributed by atoms with van der Waals surface area (Å²) in [6, 6.07) is 4.63. The summed E-state index contributed by atoms with van der Waals surface area (Å²) in [5.41, 5.74) is 3.30. The van der Waals surface area contributed by atoms with E-state index in [1.807, 2.05) is 19.9 Å². The van der Waals surface area contributed by atoms with Gasteiger partial charge in [0.1, 0.15) is 39.4 Å². The molecule has 1 N–H and O–H groups in total. The lowest BCUT2D eigenvalue weighted by Gasteiger charge is -2.30. The van der Waals surface area contributed by atoms with E-state index in [-0.39, 0.29) is 22.3 Å². The molecule has 0 amide bonds. The average molecular weight is 489 g/mol. The normalized spacial score (nSPS) is 14.4. The van der Waals surface area contributed by atoms with Crippen LogP contribution < -0.4 is 14.9 Å². The van der Waals surface area contributed by atoms with Crippen LogP contribution in [0, 0.1) is 0 Å². The molecule has 1 aromatic heterocycles. The van der Waals surface area contributed by atoms with Crippen LogP contribution in [0.15, 0.2) is 56.8 Å². The molecule has 0 unspecified atom stereocenters. The Hall–Kier alpha value is -3.80. The number of esters is 1. The number of carbonyl (C=O) groups is 1. The van der Waals surface area contributed by atoms with Crippen molar-refractivity contribution in [2.75, 3.05) is 0 Å². The van der Waals surface area contributed by atoms with Crippen molar-refractivity contribution in [1.82, 2.24) is 0 Å². The maximum absolute atomic E-state index is 13.6. The van der Waals surface area contributed by atoms with Gasteiger partial charge >= 0.3 is 5.97 Å². The highest BCUT2D eigenvalue weighted by molar-refractivity contribution is 5.99. The van der Waals surface area contributed by atoms with Crippen LogP contribution in [0.25, 0.3) is 28.0 Å². The van der Waals surface area contributed by atoms with Crippen LogP contribution in [0.3, 0.4) is 0 Å². The van der Waals surface area contributed by atoms with Crippen LogP contribution >= 0.6 is 0 Å². The van der Waals surface area contributed by atoms with Gasteiger partial charge in [-0.05, 0) is 84.2 Å². The first kappa shape index (κ1) is 25.3.